The Labute approximate surface area is 109 Å². The van der Waals surface area contributed by atoms with Gasteiger partial charge in [-0.3, -0.25) is 0 Å². The molecule has 2 aromatic carbocycles. The summed E-state index contributed by atoms with van der Waals surface area (Å²) in [6.45, 7) is 1.83. The van der Waals surface area contributed by atoms with E-state index in [4.69, 9.17) is 10.2 Å². The van der Waals surface area contributed by atoms with Crippen molar-refractivity contribution in [1.82, 2.24) is 0 Å². The molecule has 0 saturated heterocycles. The molecule has 19 heavy (non-hydrogen) atoms. The zero-order valence-corrected chi connectivity index (χ0v) is 10.3. The van der Waals surface area contributed by atoms with Crippen molar-refractivity contribution in [3.8, 4) is 11.1 Å². The second kappa shape index (κ2) is 4.94. The van der Waals surface area contributed by atoms with E-state index in [-0.39, 0.29) is 11.1 Å². The zero-order chi connectivity index (χ0) is 14.0. The first-order chi connectivity index (χ1) is 8.99. The highest BCUT2D eigenvalue weighted by atomic mass is 16.4. The van der Waals surface area contributed by atoms with Gasteiger partial charge in [0.2, 0.25) is 0 Å². The van der Waals surface area contributed by atoms with E-state index in [1.54, 1.807) is 24.3 Å². The largest absolute Gasteiger partial charge is 0.478 e. The van der Waals surface area contributed by atoms with Crippen LogP contribution in [-0.2, 0) is 0 Å². The summed E-state index contributed by atoms with van der Waals surface area (Å²) in [4.78, 5) is 21.6. The lowest BCUT2D eigenvalue weighted by atomic mass is 9.97. The molecule has 0 aromatic heterocycles. The van der Waals surface area contributed by atoms with Gasteiger partial charge >= 0.3 is 11.9 Å². The van der Waals surface area contributed by atoms with E-state index in [1.807, 2.05) is 6.92 Å². The first-order valence-corrected chi connectivity index (χ1v) is 5.66. The molecule has 96 valence electrons. The molecule has 0 bridgehead atoms. The molecule has 0 unspecified atom stereocenters. The van der Waals surface area contributed by atoms with E-state index in [0.29, 0.717) is 0 Å². The predicted octanol–water partition coefficient (Wildman–Crippen LogP) is 3.06. The topological polar surface area (TPSA) is 74.6 Å². The third-order valence-electron chi connectivity index (χ3n) is 2.92. The lowest BCUT2D eigenvalue weighted by molar-refractivity contribution is 0.0686. The fraction of sp³-hybridized carbons (Fsp3) is 0.0667. The van der Waals surface area contributed by atoms with E-state index < -0.39 is 11.9 Å². The Morgan fingerprint density at radius 2 is 1.37 bits per heavy atom. The molecule has 4 heteroatoms. The van der Waals surface area contributed by atoms with E-state index in [9.17, 15) is 9.59 Å². The Kier molecular flexibility index (Phi) is 3.33. The minimum Gasteiger partial charge on any atom is -0.478 e. The molecule has 4 nitrogen and oxygen atoms in total. The number of benzene rings is 2. The number of carboxylic acids is 2. The molecule has 0 atom stereocenters. The average Bonchev–Trinajstić information content (AvgIpc) is 2.38. The molecule has 0 spiro atoms. The zero-order valence-electron chi connectivity index (χ0n) is 10.3. The fourth-order valence-electron chi connectivity index (χ4n) is 1.91. The molecular formula is C15H12O4. The molecule has 0 saturated carbocycles. The fourth-order valence-corrected chi connectivity index (χ4v) is 1.91. The van der Waals surface area contributed by atoms with Crippen LogP contribution >= 0.6 is 0 Å². The van der Waals surface area contributed by atoms with Gasteiger partial charge in [-0.05, 0) is 47.9 Å². The van der Waals surface area contributed by atoms with E-state index in [2.05, 4.69) is 0 Å². The van der Waals surface area contributed by atoms with Crippen LogP contribution in [0.5, 0.6) is 0 Å². The summed E-state index contributed by atoms with van der Waals surface area (Å²) in [6, 6.07) is 11.4. The third kappa shape index (κ3) is 2.63. The normalized spacial score (nSPS) is 10.2. The molecule has 2 aromatic rings. The molecule has 0 heterocycles. The molecule has 0 amide bonds. The molecule has 0 aliphatic carbocycles. The standard InChI is InChI=1S/C15H12O4/c1-9-8-12(15(18)19)6-7-13(9)10-2-4-11(5-3-10)14(16)17/h2-8H,1H3,(H,16,17)(H,18,19). The van der Waals surface area contributed by atoms with Crippen molar-refractivity contribution < 1.29 is 19.8 Å². The summed E-state index contributed by atoms with van der Waals surface area (Å²) in [7, 11) is 0. The summed E-state index contributed by atoms with van der Waals surface area (Å²) >= 11 is 0. The molecule has 0 fully saturated rings. The highest BCUT2D eigenvalue weighted by Crippen LogP contribution is 2.24. The number of hydrogen-bond donors (Lipinski definition) is 2. The molecule has 2 rings (SSSR count). The monoisotopic (exact) mass is 256 g/mol. The van der Waals surface area contributed by atoms with Crippen LogP contribution in [0.15, 0.2) is 42.5 Å². The number of carboxylic acid groups (broad SMARTS) is 2. The Bertz CT molecular complexity index is 642. The summed E-state index contributed by atoms with van der Waals surface area (Å²) in [5.41, 5.74) is 3.05. The highest BCUT2D eigenvalue weighted by molar-refractivity contribution is 5.90. The van der Waals surface area contributed by atoms with Crippen LogP contribution in [0.2, 0.25) is 0 Å². The maximum atomic E-state index is 10.9. The minimum atomic E-state index is -0.968. The first-order valence-electron chi connectivity index (χ1n) is 5.66. The molecular weight excluding hydrogens is 244 g/mol. The van der Waals surface area contributed by atoms with Crippen molar-refractivity contribution in [1.29, 1.82) is 0 Å². The molecule has 0 aliphatic rings. The van der Waals surface area contributed by atoms with Gasteiger partial charge in [0.15, 0.2) is 0 Å². The van der Waals surface area contributed by atoms with Gasteiger partial charge in [-0.2, -0.15) is 0 Å². The smallest absolute Gasteiger partial charge is 0.335 e. The van der Waals surface area contributed by atoms with Crippen LogP contribution in [0.1, 0.15) is 26.3 Å². The van der Waals surface area contributed by atoms with Gasteiger partial charge < -0.3 is 10.2 Å². The van der Waals surface area contributed by atoms with Gasteiger partial charge in [0, 0.05) is 0 Å². The predicted molar refractivity (Wildman–Crippen MR) is 70.5 cm³/mol. The van der Waals surface area contributed by atoms with Gasteiger partial charge in [-0.15, -0.1) is 0 Å². The van der Waals surface area contributed by atoms with Crippen molar-refractivity contribution in [3.63, 3.8) is 0 Å². The first kappa shape index (κ1) is 12.8. The van der Waals surface area contributed by atoms with Crippen LogP contribution in [-0.4, -0.2) is 22.2 Å². The molecule has 0 aliphatic heterocycles. The Morgan fingerprint density at radius 3 is 1.84 bits per heavy atom. The Balaban J connectivity index is 2.41. The number of aromatic carboxylic acids is 2. The van der Waals surface area contributed by atoms with E-state index >= 15 is 0 Å². The van der Waals surface area contributed by atoms with Crippen LogP contribution in [0.25, 0.3) is 11.1 Å². The molecule has 2 N–H and O–H groups in total. The quantitative estimate of drug-likeness (QED) is 0.885. The minimum absolute atomic E-state index is 0.226. The van der Waals surface area contributed by atoms with Gasteiger partial charge in [0.1, 0.15) is 0 Å². The van der Waals surface area contributed by atoms with E-state index in [1.165, 1.54) is 18.2 Å². The molecule has 0 radical (unpaired) electrons. The number of carbonyl (C=O) groups is 2. The van der Waals surface area contributed by atoms with Crippen LogP contribution in [0, 0.1) is 6.92 Å². The van der Waals surface area contributed by atoms with Crippen molar-refractivity contribution in [2.45, 2.75) is 6.92 Å². The SMILES string of the molecule is Cc1cc(C(=O)O)ccc1-c1ccc(C(=O)O)cc1. The maximum Gasteiger partial charge on any atom is 0.335 e. The van der Waals surface area contributed by atoms with Crippen LogP contribution < -0.4 is 0 Å². The van der Waals surface area contributed by atoms with Gasteiger partial charge in [-0.25, -0.2) is 9.59 Å². The van der Waals surface area contributed by atoms with E-state index in [0.717, 1.165) is 16.7 Å². The van der Waals surface area contributed by atoms with Crippen LogP contribution in [0.4, 0.5) is 0 Å². The average molecular weight is 256 g/mol. The Morgan fingerprint density at radius 1 is 0.842 bits per heavy atom. The van der Waals surface area contributed by atoms with Crippen molar-refractivity contribution >= 4 is 11.9 Å². The van der Waals surface area contributed by atoms with Gasteiger partial charge in [0.25, 0.3) is 0 Å². The lowest BCUT2D eigenvalue weighted by Gasteiger charge is -2.07. The summed E-state index contributed by atoms with van der Waals surface area (Å²) in [6.07, 6.45) is 0. The lowest BCUT2D eigenvalue weighted by Crippen LogP contribution is -1.98. The number of hydrogen-bond acceptors (Lipinski definition) is 2. The van der Waals surface area contributed by atoms with Crippen molar-refractivity contribution in [2.75, 3.05) is 0 Å². The summed E-state index contributed by atoms with van der Waals surface area (Å²) < 4.78 is 0. The van der Waals surface area contributed by atoms with Crippen molar-refractivity contribution in [3.05, 3.63) is 59.2 Å². The maximum absolute atomic E-state index is 10.9. The second-order valence-corrected chi connectivity index (χ2v) is 4.22. The summed E-state index contributed by atoms with van der Waals surface area (Å²) in [5, 5.41) is 17.7. The van der Waals surface area contributed by atoms with Gasteiger partial charge in [0.05, 0.1) is 11.1 Å². The Hall–Kier alpha value is -2.62. The highest BCUT2D eigenvalue weighted by Gasteiger charge is 2.08. The second-order valence-electron chi connectivity index (χ2n) is 4.22. The van der Waals surface area contributed by atoms with Crippen molar-refractivity contribution in [2.24, 2.45) is 0 Å². The third-order valence-corrected chi connectivity index (χ3v) is 2.92. The number of aryl methyl sites for hydroxylation is 1. The summed E-state index contributed by atoms with van der Waals surface area (Å²) in [5.74, 6) is -1.93. The number of rotatable bonds is 3. The van der Waals surface area contributed by atoms with Gasteiger partial charge in [-0.1, -0.05) is 18.2 Å². The van der Waals surface area contributed by atoms with Crippen LogP contribution in [0.3, 0.4) is 0 Å².